The number of nitrogens with zero attached hydrogens (tertiary/aromatic N) is 1. The number of carbonyl (C=O) groups is 3. The molecule has 3 N–H and O–H groups in total. The number of carboxylic acid groups (broad SMARTS) is 1. The Kier molecular flexibility index (Phi) is 10.1. The molecule has 3 rings (SSSR count). The van der Waals surface area contributed by atoms with Crippen LogP contribution in [0.1, 0.15) is 45.2 Å². The summed E-state index contributed by atoms with van der Waals surface area (Å²) in [6, 6.07) is 8.38. The first kappa shape index (κ1) is 31.7. The van der Waals surface area contributed by atoms with Crippen LogP contribution in [-0.4, -0.2) is 60.0 Å². The molecule has 0 unspecified atom stereocenters. The van der Waals surface area contributed by atoms with Crippen molar-refractivity contribution in [1.82, 2.24) is 14.9 Å². The Bertz CT molecular complexity index is 1340. The first-order valence-electron chi connectivity index (χ1n) is 12.6. The molecule has 40 heavy (non-hydrogen) atoms. The SMILES string of the molecule is C[C@@H]1CCN(S(=O)(=O)c2cc(Cl)cc(Cl)c2)[C@@H]1C(=O)N[C@@H](Cc1ccc(CNC(=O)OC(C)(C)C)cc1)C(=O)O. The van der Waals surface area contributed by atoms with Crippen LogP contribution in [0.15, 0.2) is 47.4 Å². The van der Waals surface area contributed by atoms with Crippen LogP contribution in [0.4, 0.5) is 4.79 Å². The molecule has 2 amide bonds. The van der Waals surface area contributed by atoms with E-state index in [-0.39, 0.29) is 40.4 Å². The van der Waals surface area contributed by atoms with Crippen molar-refractivity contribution in [2.45, 2.75) is 69.7 Å². The molecule has 0 aliphatic carbocycles. The van der Waals surface area contributed by atoms with Gasteiger partial charge in [-0.25, -0.2) is 18.0 Å². The fourth-order valence-electron chi connectivity index (χ4n) is 4.36. The van der Waals surface area contributed by atoms with Crippen molar-refractivity contribution >= 4 is 51.2 Å². The van der Waals surface area contributed by atoms with E-state index in [1.54, 1.807) is 52.0 Å². The normalized spacial score (nSPS) is 18.6. The van der Waals surface area contributed by atoms with Gasteiger partial charge < -0.3 is 20.5 Å². The van der Waals surface area contributed by atoms with Gasteiger partial charge in [-0.3, -0.25) is 4.79 Å². The van der Waals surface area contributed by atoms with Crippen molar-refractivity contribution in [3.63, 3.8) is 0 Å². The molecular weight excluding hydrogens is 581 g/mol. The van der Waals surface area contributed by atoms with E-state index in [0.29, 0.717) is 12.0 Å². The minimum Gasteiger partial charge on any atom is -0.480 e. The quantitative estimate of drug-likeness (QED) is 0.384. The molecule has 0 radical (unpaired) electrons. The van der Waals surface area contributed by atoms with Crippen molar-refractivity contribution in [3.8, 4) is 0 Å². The number of benzene rings is 2. The van der Waals surface area contributed by atoms with Gasteiger partial charge in [0.2, 0.25) is 15.9 Å². The van der Waals surface area contributed by atoms with Crippen LogP contribution >= 0.6 is 23.2 Å². The summed E-state index contributed by atoms with van der Waals surface area (Å²) in [6.07, 6.45) is -0.165. The highest BCUT2D eigenvalue weighted by Crippen LogP contribution is 2.32. The number of hydrogen-bond acceptors (Lipinski definition) is 6. The van der Waals surface area contributed by atoms with Crippen molar-refractivity contribution in [2.75, 3.05) is 6.54 Å². The minimum atomic E-state index is -4.14. The van der Waals surface area contributed by atoms with Crippen LogP contribution in [-0.2, 0) is 37.3 Å². The van der Waals surface area contributed by atoms with Gasteiger partial charge in [0.15, 0.2) is 0 Å². The van der Waals surface area contributed by atoms with Gasteiger partial charge in [0.05, 0.1) is 4.90 Å². The molecule has 0 spiro atoms. The summed E-state index contributed by atoms with van der Waals surface area (Å²) in [5.74, 6) is -2.31. The topological polar surface area (TPSA) is 142 Å². The molecule has 3 atom stereocenters. The van der Waals surface area contributed by atoms with Gasteiger partial charge in [0.1, 0.15) is 17.7 Å². The lowest BCUT2D eigenvalue weighted by molar-refractivity contribution is -0.142. The average Bonchev–Trinajstić information content (AvgIpc) is 3.23. The molecule has 1 fully saturated rings. The lowest BCUT2D eigenvalue weighted by atomic mass is 10.0. The third-order valence-corrected chi connectivity index (χ3v) is 8.57. The van der Waals surface area contributed by atoms with E-state index in [9.17, 15) is 27.9 Å². The molecule has 1 aliphatic rings. The van der Waals surface area contributed by atoms with Crippen molar-refractivity contribution in [2.24, 2.45) is 5.92 Å². The molecule has 0 saturated carbocycles. The molecule has 13 heteroatoms. The van der Waals surface area contributed by atoms with Crippen molar-refractivity contribution < 1.29 is 32.6 Å². The van der Waals surface area contributed by atoms with Crippen LogP contribution in [0.25, 0.3) is 0 Å². The lowest BCUT2D eigenvalue weighted by Crippen LogP contribution is -2.53. The summed E-state index contributed by atoms with van der Waals surface area (Å²) in [5.41, 5.74) is 0.781. The van der Waals surface area contributed by atoms with Gasteiger partial charge in [-0.15, -0.1) is 0 Å². The van der Waals surface area contributed by atoms with E-state index in [0.717, 1.165) is 9.87 Å². The second-order valence-corrected chi connectivity index (χ2v) is 13.5. The zero-order chi connectivity index (χ0) is 29.8. The van der Waals surface area contributed by atoms with Crippen LogP contribution in [0.3, 0.4) is 0 Å². The smallest absolute Gasteiger partial charge is 0.407 e. The first-order chi connectivity index (χ1) is 18.6. The summed E-state index contributed by atoms with van der Waals surface area (Å²) < 4.78 is 33.0. The van der Waals surface area contributed by atoms with Crippen LogP contribution < -0.4 is 10.6 Å². The molecule has 218 valence electrons. The third kappa shape index (κ3) is 8.33. The number of hydrogen-bond donors (Lipinski definition) is 3. The number of halogens is 2. The zero-order valence-electron chi connectivity index (χ0n) is 22.6. The Labute approximate surface area is 244 Å². The number of amides is 2. The standard InChI is InChI=1S/C27H33Cl2N3O7S/c1-16-9-10-32(40(37,38)21-13-19(28)12-20(29)14-21)23(16)24(33)31-22(25(34)35)11-17-5-7-18(8-6-17)15-30-26(36)39-27(2,3)4/h5-8,12-14,16,22-23H,9-11,15H2,1-4H3,(H,30,36)(H,31,33)(H,34,35)/t16-,22+,23+/m1/s1. The van der Waals surface area contributed by atoms with Gasteiger partial charge in [0, 0.05) is 29.6 Å². The fourth-order valence-corrected chi connectivity index (χ4v) is 6.78. The maximum Gasteiger partial charge on any atom is 0.407 e. The maximum absolute atomic E-state index is 13.4. The Morgan fingerprint density at radius 1 is 1.07 bits per heavy atom. The number of aliphatic carboxylic acids is 1. The monoisotopic (exact) mass is 613 g/mol. The maximum atomic E-state index is 13.4. The molecule has 0 aromatic heterocycles. The van der Waals surface area contributed by atoms with E-state index in [1.165, 1.54) is 18.2 Å². The Balaban J connectivity index is 1.69. The fraction of sp³-hybridized carbons (Fsp3) is 0.444. The lowest BCUT2D eigenvalue weighted by Gasteiger charge is -2.27. The van der Waals surface area contributed by atoms with E-state index in [4.69, 9.17) is 27.9 Å². The number of nitrogens with one attached hydrogen (secondary N) is 2. The van der Waals surface area contributed by atoms with Crippen LogP contribution in [0, 0.1) is 5.92 Å². The average molecular weight is 615 g/mol. The van der Waals surface area contributed by atoms with Gasteiger partial charge >= 0.3 is 12.1 Å². The Morgan fingerprint density at radius 2 is 1.65 bits per heavy atom. The van der Waals surface area contributed by atoms with Crippen molar-refractivity contribution in [3.05, 3.63) is 63.6 Å². The highest BCUT2D eigenvalue weighted by Gasteiger charge is 2.44. The summed E-state index contributed by atoms with van der Waals surface area (Å²) in [4.78, 5) is 37.0. The summed E-state index contributed by atoms with van der Waals surface area (Å²) in [6.45, 7) is 7.33. The molecule has 2 aromatic rings. The number of alkyl carbamates (subject to hydrolysis) is 1. The Hall–Kier alpha value is -2.86. The van der Waals surface area contributed by atoms with Gasteiger partial charge in [-0.1, -0.05) is 54.4 Å². The third-order valence-electron chi connectivity index (χ3n) is 6.28. The minimum absolute atomic E-state index is 0.0292. The summed E-state index contributed by atoms with van der Waals surface area (Å²) >= 11 is 12.0. The van der Waals surface area contributed by atoms with Gasteiger partial charge in [-0.2, -0.15) is 4.31 Å². The molecular formula is C27H33Cl2N3O7S. The number of ether oxygens (including phenoxy) is 1. The predicted octanol–water partition coefficient (Wildman–Crippen LogP) is 4.23. The van der Waals surface area contributed by atoms with E-state index in [2.05, 4.69) is 10.6 Å². The molecule has 10 nitrogen and oxygen atoms in total. The molecule has 1 aliphatic heterocycles. The first-order valence-corrected chi connectivity index (χ1v) is 14.8. The molecule has 2 aromatic carbocycles. The van der Waals surface area contributed by atoms with Gasteiger partial charge in [-0.05, 0) is 62.4 Å². The van der Waals surface area contributed by atoms with E-state index in [1.807, 2.05) is 0 Å². The summed E-state index contributed by atoms with van der Waals surface area (Å²) in [7, 11) is -4.14. The highest BCUT2D eigenvalue weighted by molar-refractivity contribution is 7.89. The van der Waals surface area contributed by atoms with Crippen LogP contribution in [0.2, 0.25) is 10.0 Å². The molecule has 0 bridgehead atoms. The van der Waals surface area contributed by atoms with E-state index >= 15 is 0 Å². The predicted molar refractivity (Wildman–Crippen MR) is 151 cm³/mol. The number of rotatable bonds is 9. The highest BCUT2D eigenvalue weighted by atomic mass is 35.5. The van der Waals surface area contributed by atoms with Crippen molar-refractivity contribution in [1.29, 1.82) is 0 Å². The second kappa shape index (κ2) is 12.8. The van der Waals surface area contributed by atoms with Gasteiger partial charge in [0.25, 0.3) is 0 Å². The summed E-state index contributed by atoms with van der Waals surface area (Å²) in [5, 5.41) is 15.3. The Morgan fingerprint density at radius 3 is 2.20 bits per heavy atom. The van der Waals surface area contributed by atoms with Crippen LogP contribution in [0.5, 0.6) is 0 Å². The molecule has 1 heterocycles. The molecule has 1 saturated heterocycles. The van der Waals surface area contributed by atoms with E-state index < -0.39 is 45.7 Å². The number of sulfonamides is 1. The zero-order valence-corrected chi connectivity index (χ0v) is 24.9. The number of carboxylic acids is 1. The second-order valence-electron chi connectivity index (χ2n) is 10.7. The largest absolute Gasteiger partial charge is 0.480 e. The number of carbonyl (C=O) groups excluding carboxylic acids is 2.